The van der Waals surface area contributed by atoms with Gasteiger partial charge in [-0.3, -0.25) is 4.40 Å². The van der Waals surface area contributed by atoms with E-state index in [9.17, 15) is 0 Å². The van der Waals surface area contributed by atoms with Crippen LogP contribution in [0.3, 0.4) is 0 Å². The average molecular weight is 356 g/mol. The summed E-state index contributed by atoms with van der Waals surface area (Å²) in [6.07, 6.45) is 1.95. The first-order chi connectivity index (χ1) is 13.2. The third-order valence-electron chi connectivity index (χ3n) is 4.49. The molecule has 27 heavy (non-hydrogen) atoms. The molecule has 0 bridgehead atoms. The maximum atomic E-state index is 5.26. The van der Waals surface area contributed by atoms with Crippen molar-refractivity contribution < 1.29 is 4.74 Å². The molecule has 0 saturated heterocycles. The summed E-state index contributed by atoms with van der Waals surface area (Å²) in [7, 11) is 1.66. The van der Waals surface area contributed by atoms with Gasteiger partial charge in [0.15, 0.2) is 5.82 Å². The normalized spacial score (nSPS) is 11.4. The van der Waals surface area contributed by atoms with Crippen LogP contribution in [0.5, 0.6) is 5.75 Å². The molecule has 4 aromatic rings. The number of imidazole rings is 1. The predicted molar refractivity (Wildman–Crippen MR) is 107 cm³/mol. The van der Waals surface area contributed by atoms with Gasteiger partial charge < -0.3 is 4.74 Å². The van der Waals surface area contributed by atoms with E-state index < -0.39 is 0 Å². The Morgan fingerprint density at radius 3 is 2.52 bits per heavy atom. The number of ether oxygens (including phenoxy) is 1. The summed E-state index contributed by atoms with van der Waals surface area (Å²) in [6.45, 7) is 4.09. The number of hydrogen-bond acceptors (Lipinski definition) is 4. The predicted octanol–water partition coefficient (Wildman–Crippen LogP) is 6.04. The molecular weight excluding hydrogens is 336 g/mol. The highest BCUT2D eigenvalue weighted by Crippen LogP contribution is 2.33. The van der Waals surface area contributed by atoms with Gasteiger partial charge in [0.2, 0.25) is 0 Å². The minimum absolute atomic E-state index is 0.705. The second-order valence-electron chi connectivity index (χ2n) is 6.43. The lowest BCUT2D eigenvalue weighted by atomic mass is 10.1. The van der Waals surface area contributed by atoms with Crippen molar-refractivity contribution in [3.05, 3.63) is 78.0 Å². The van der Waals surface area contributed by atoms with Crippen LogP contribution in [-0.4, -0.2) is 16.5 Å². The van der Waals surface area contributed by atoms with E-state index in [0.29, 0.717) is 5.82 Å². The molecule has 0 spiro atoms. The fraction of sp³-hybridized carbons (Fsp3) is 0.136. The summed E-state index contributed by atoms with van der Waals surface area (Å²) < 4.78 is 7.21. The third kappa shape index (κ3) is 3.31. The monoisotopic (exact) mass is 356 g/mol. The van der Waals surface area contributed by atoms with Gasteiger partial charge in [-0.15, -0.1) is 10.2 Å². The largest absolute Gasteiger partial charge is 0.497 e. The number of fused-ring (bicyclic) bond motifs is 1. The molecule has 0 saturated carbocycles. The van der Waals surface area contributed by atoms with Crippen LogP contribution in [0, 0.1) is 13.8 Å². The standard InChI is InChI=1S/C22H20N4O/c1-15-7-8-16(2)19(14-15)24-25-22-21(17-9-11-18(27-3)12-10-17)23-20-6-4-5-13-26(20)22/h4-14H,1-3H3. The van der Waals surface area contributed by atoms with Crippen molar-refractivity contribution in [1.29, 1.82) is 0 Å². The second-order valence-corrected chi connectivity index (χ2v) is 6.43. The molecule has 4 rings (SSSR count). The molecule has 2 aromatic heterocycles. The van der Waals surface area contributed by atoms with Crippen molar-refractivity contribution in [1.82, 2.24) is 9.38 Å². The van der Waals surface area contributed by atoms with Gasteiger partial charge in [0.25, 0.3) is 0 Å². The Balaban J connectivity index is 1.85. The first-order valence-electron chi connectivity index (χ1n) is 8.76. The Hall–Kier alpha value is -3.47. The first kappa shape index (κ1) is 17.0. The maximum absolute atomic E-state index is 5.26. The molecule has 0 aliphatic heterocycles. The fourth-order valence-corrected chi connectivity index (χ4v) is 2.95. The zero-order valence-corrected chi connectivity index (χ0v) is 15.5. The summed E-state index contributed by atoms with van der Waals surface area (Å²) in [5.41, 5.74) is 5.69. The average Bonchev–Trinajstić information content (AvgIpc) is 3.07. The van der Waals surface area contributed by atoms with Gasteiger partial charge in [-0.25, -0.2) is 4.98 Å². The van der Waals surface area contributed by atoms with Crippen LogP contribution in [-0.2, 0) is 0 Å². The van der Waals surface area contributed by atoms with Gasteiger partial charge >= 0.3 is 0 Å². The van der Waals surface area contributed by atoms with Crippen molar-refractivity contribution in [3.8, 4) is 17.0 Å². The zero-order valence-electron chi connectivity index (χ0n) is 15.5. The van der Waals surface area contributed by atoms with Crippen molar-refractivity contribution in [2.24, 2.45) is 10.2 Å². The van der Waals surface area contributed by atoms with E-state index in [2.05, 4.69) is 29.3 Å². The van der Waals surface area contributed by atoms with Crippen molar-refractivity contribution in [3.63, 3.8) is 0 Å². The Bertz CT molecular complexity index is 1130. The molecule has 0 fully saturated rings. The lowest BCUT2D eigenvalue weighted by molar-refractivity contribution is 0.415. The lowest BCUT2D eigenvalue weighted by Crippen LogP contribution is -1.84. The molecule has 0 unspecified atom stereocenters. The number of methoxy groups -OCH3 is 1. The number of aromatic nitrogens is 2. The molecule has 0 radical (unpaired) electrons. The van der Waals surface area contributed by atoms with E-state index in [0.717, 1.165) is 39.5 Å². The topological polar surface area (TPSA) is 51.2 Å². The summed E-state index contributed by atoms with van der Waals surface area (Å²) in [5, 5.41) is 9.10. The van der Waals surface area contributed by atoms with E-state index in [1.807, 2.05) is 66.1 Å². The van der Waals surface area contributed by atoms with Crippen molar-refractivity contribution >= 4 is 17.2 Å². The molecule has 0 amide bonds. The van der Waals surface area contributed by atoms with Crippen LogP contribution in [0.25, 0.3) is 16.9 Å². The van der Waals surface area contributed by atoms with Gasteiger partial charge in [0, 0.05) is 11.8 Å². The Labute approximate surface area is 158 Å². The van der Waals surface area contributed by atoms with Crippen LogP contribution >= 0.6 is 0 Å². The van der Waals surface area contributed by atoms with Gasteiger partial charge in [-0.2, -0.15) is 0 Å². The second kappa shape index (κ2) is 7.03. The summed E-state index contributed by atoms with van der Waals surface area (Å²) in [6, 6.07) is 19.9. The van der Waals surface area contributed by atoms with Gasteiger partial charge in [-0.1, -0.05) is 18.2 Å². The van der Waals surface area contributed by atoms with Crippen LogP contribution in [0.1, 0.15) is 11.1 Å². The molecule has 0 aliphatic rings. The SMILES string of the molecule is COc1ccc(-c2nc3ccccn3c2N=Nc2cc(C)ccc2C)cc1. The Kier molecular flexibility index (Phi) is 4.42. The third-order valence-corrected chi connectivity index (χ3v) is 4.49. The molecule has 0 aliphatic carbocycles. The highest BCUT2D eigenvalue weighted by Gasteiger charge is 2.14. The molecular formula is C22H20N4O. The molecule has 5 heteroatoms. The lowest BCUT2D eigenvalue weighted by Gasteiger charge is -2.03. The molecule has 134 valence electrons. The van der Waals surface area contributed by atoms with E-state index in [4.69, 9.17) is 9.72 Å². The highest BCUT2D eigenvalue weighted by molar-refractivity contribution is 5.74. The number of aryl methyl sites for hydroxylation is 2. The molecule has 0 atom stereocenters. The summed E-state index contributed by atoms with van der Waals surface area (Å²) in [5.74, 6) is 1.51. The van der Waals surface area contributed by atoms with E-state index >= 15 is 0 Å². The van der Waals surface area contributed by atoms with Crippen LogP contribution in [0.4, 0.5) is 11.5 Å². The smallest absolute Gasteiger partial charge is 0.187 e. The number of nitrogens with zero attached hydrogens (tertiary/aromatic N) is 4. The number of pyridine rings is 1. The Morgan fingerprint density at radius 1 is 0.926 bits per heavy atom. The van der Waals surface area contributed by atoms with Crippen molar-refractivity contribution in [2.75, 3.05) is 7.11 Å². The minimum atomic E-state index is 0.705. The molecule has 5 nitrogen and oxygen atoms in total. The quantitative estimate of drug-likeness (QED) is 0.418. The van der Waals surface area contributed by atoms with Gasteiger partial charge in [0.05, 0.1) is 12.8 Å². The maximum Gasteiger partial charge on any atom is 0.187 e. The van der Waals surface area contributed by atoms with Crippen LogP contribution in [0.15, 0.2) is 77.1 Å². The molecule has 2 heterocycles. The number of rotatable bonds is 4. The number of azo groups is 1. The van der Waals surface area contributed by atoms with Gasteiger partial charge in [-0.05, 0) is 67.4 Å². The molecule has 0 N–H and O–H groups in total. The van der Waals surface area contributed by atoms with Gasteiger partial charge in [0.1, 0.15) is 17.1 Å². The van der Waals surface area contributed by atoms with E-state index in [-0.39, 0.29) is 0 Å². The number of hydrogen-bond donors (Lipinski definition) is 0. The Morgan fingerprint density at radius 2 is 1.74 bits per heavy atom. The summed E-state index contributed by atoms with van der Waals surface area (Å²) >= 11 is 0. The van der Waals surface area contributed by atoms with Crippen LogP contribution < -0.4 is 4.74 Å². The highest BCUT2D eigenvalue weighted by atomic mass is 16.5. The first-order valence-corrected chi connectivity index (χ1v) is 8.76. The fourth-order valence-electron chi connectivity index (χ4n) is 2.95. The van der Waals surface area contributed by atoms with Crippen LogP contribution in [0.2, 0.25) is 0 Å². The minimum Gasteiger partial charge on any atom is -0.497 e. The molecule has 2 aromatic carbocycles. The zero-order chi connectivity index (χ0) is 18.8. The number of benzene rings is 2. The van der Waals surface area contributed by atoms with Crippen molar-refractivity contribution in [2.45, 2.75) is 13.8 Å². The van der Waals surface area contributed by atoms with E-state index in [1.165, 1.54) is 0 Å². The summed E-state index contributed by atoms with van der Waals surface area (Å²) in [4.78, 5) is 4.76. The van der Waals surface area contributed by atoms with E-state index in [1.54, 1.807) is 7.11 Å².